The van der Waals surface area contributed by atoms with Crippen LogP contribution in [-0.4, -0.2) is 44.1 Å². The van der Waals surface area contributed by atoms with E-state index in [4.69, 9.17) is 4.74 Å². The molecule has 1 aliphatic rings. The summed E-state index contributed by atoms with van der Waals surface area (Å²) < 4.78 is 18.7. The van der Waals surface area contributed by atoms with Crippen molar-refractivity contribution >= 4 is 5.91 Å². The third-order valence-electron chi connectivity index (χ3n) is 4.73. The molecule has 0 saturated carbocycles. The molecule has 6 heteroatoms. The van der Waals surface area contributed by atoms with Gasteiger partial charge in [-0.25, -0.2) is 4.39 Å². The minimum absolute atomic E-state index is 0.00905. The van der Waals surface area contributed by atoms with Gasteiger partial charge in [0, 0.05) is 39.3 Å². The van der Waals surface area contributed by atoms with Gasteiger partial charge in [0.2, 0.25) is 5.91 Å². The van der Waals surface area contributed by atoms with Crippen molar-refractivity contribution in [3.63, 3.8) is 0 Å². The van der Waals surface area contributed by atoms with Crippen molar-refractivity contribution in [2.75, 3.05) is 33.3 Å². The summed E-state index contributed by atoms with van der Waals surface area (Å²) in [6.45, 7) is 3.59. The number of nitrogens with one attached hydrogen (secondary N) is 2. The normalized spacial score (nSPS) is 17.6. The Bertz CT molecular complexity index is 769. The Morgan fingerprint density at radius 2 is 2.07 bits per heavy atom. The highest BCUT2D eigenvalue weighted by atomic mass is 19.1. The Morgan fingerprint density at radius 3 is 2.89 bits per heavy atom. The minimum atomic E-state index is -0.251. The zero-order valence-electron chi connectivity index (χ0n) is 15.6. The highest BCUT2D eigenvalue weighted by Crippen LogP contribution is 2.22. The van der Waals surface area contributed by atoms with E-state index in [9.17, 15) is 9.18 Å². The number of amides is 1. The fourth-order valence-electron chi connectivity index (χ4n) is 3.42. The van der Waals surface area contributed by atoms with E-state index in [2.05, 4.69) is 15.5 Å². The summed E-state index contributed by atoms with van der Waals surface area (Å²) in [6.07, 6.45) is 0. The van der Waals surface area contributed by atoms with Gasteiger partial charge in [0.05, 0.1) is 13.2 Å². The average Bonchev–Trinajstić information content (AvgIpc) is 2.67. The second-order valence-electron chi connectivity index (χ2n) is 6.78. The SMILES string of the molecule is COCc1cccc(CNC(=O)CN2CCNCC2c2cccc(F)c2)c1. The van der Waals surface area contributed by atoms with Gasteiger partial charge in [-0.1, -0.05) is 36.4 Å². The molecule has 2 aromatic carbocycles. The molecule has 0 spiro atoms. The summed E-state index contributed by atoms with van der Waals surface area (Å²) in [5.74, 6) is -0.283. The number of nitrogens with zero attached hydrogens (tertiary/aromatic N) is 1. The van der Waals surface area contributed by atoms with Crippen molar-refractivity contribution in [3.05, 3.63) is 71.0 Å². The summed E-state index contributed by atoms with van der Waals surface area (Å²) in [5, 5.41) is 6.31. The van der Waals surface area contributed by atoms with Crippen molar-refractivity contribution < 1.29 is 13.9 Å². The van der Waals surface area contributed by atoms with Crippen LogP contribution in [0.3, 0.4) is 0 Å². The molecule has 2 N–H and O–H groups in total. The van der Waals surface area contributed by atoms with Crippen molar-refractivity contribution in [2.24, 2.45) is 0 Å². The molecular weight excluding hydrogens is 345 g/mol. The summed E-state index contributed by atoms with van der Waals surface area (Å²) in [6, 6.07) is 14.6. The Labute approximate surface area is 159 Å². The molecule has 1 fully saturated rings. The Hall–Kier alpha value is -2.28. The topological polar surface area (TPSA) is 53.6 Å². The van der Waals surface area contributed by atoms with Gasteiger partial charge < -0.3 is 15.4 Å². The highest BCUT2D eigenvalue weighted by Gasteiger charge is 2.25. The van der Waals surface area contributed by atoms with E-state index in [0.29, 0.717) is 26.2 Å². The van der Waals surface area contributed by atoms with Crippen LogP contribution in [0, 0.1) is 5.82 Å². The number of piperazine rings is 1. The predicted octanol–water partition coefficient (Wildman–Crippen LogP) is 2.23. The van der Waals surface area contributed by atoms with E-state index in [1.165, 1.54) is 6.07 Å². The molecular formula is C21H26FN3O2. The monoisotopic (exact) mass is 371 g/mol. The standard InChI is InChI=1S/C21H26FN3O2/c1-27-15-17-5-2-4-16(10-17)12-24-21(26)14-25-9-8-23-13-20(25)18-6-3-7-19(22)11-18/h2-7,10-11,20,23H,8-9,12-15H2,1H3,(H,24,26). The largest absolute Gasteiger partial charge is 0.380 e. The zero-order valence-corrected chi connectivity index (χ0v) is 15.6. The molecule has 0 aromatic heterocycles. The second kappa shape index (κ2) is 9.60. The molecule has 1 saturated heterocycles. The molecule has 1 aliphatic heterocycles. The minimum Gasteiger partial charge on any atom is -0.380 e. The smallest absolute Gasteiger partial charge is 0.234 e. The molecule has 1 amide bonds. The lowest BCUT2D eigenvalue weighted by molar-refractivity contribution is -0.123. The molecule has 2 aromatic rings. The van der Waals surface area contributed by atoms with Gasteiger partial charge >= 0.3 is 0 Å². The molecule has 0 radical (unpaired) electrons. The zero-order chi connectivity index (χ0) is 19.1. The first kappa shape index (κ1) is 19.5. The van der Waals surface area contributed by atoms with Crippen molar-refractivity contribution in [3.8, 4) is 0 Å². The van der Waals surface area contributed by atoms with E-state index >= 15 is 0 Å². The maximum absolute atomic E-state index is 13.6. The lowest BCUT2D eigenvalue weighted by atomic mass is 10.0. The van der Waals surface area contributed by atoms with Gasteiger partial charge in [-0.2, -0.15) is 0 Å². The quantitative estimate of drug-likeness (QED) is 0.784. The molecule has 1 unspecified atom stereocenters. The Balaban J connectivity index is 1.58. The molecule has 5 nitrogen and oxygen atoms in total. The fraction of sp³-hybridized carbons (Fsp3) is 0.381. The van der Waals surface area contributed by atoms with E-state index in [-0.39, 0.29) is 17.8 Å². The number of methoxy groups -OCH3 is 1. The number of rotatable bonds is 7. The van der Waals surface area contributed by atoms with Crippen LogP contribution < -0.4 is 10.6 Å². The predicted molar refractivity (Wildman–Crippen MR) is 103 cm³/mol. The molecule has 0 bridgehead atoms. The van der Waals surface area contributed by atoms with Crippen LogP contribution >= 0.6 is 0 Å². The van der Waals surface area contributed by atoms with Crippen LogP contribution in [0.1, 0.15) is 22.7 Å². The van der Waals surface area contributed by atoms with E-state index < -0.39 is 0 Å². The van der Waals surface area contributed by atoms with E-state index in [1.54, 1.807) is 19.2 Å². The first-order valence-corrected chi connectivity index (χ1v) is 9.19. The van der Waals surface area contributed by atoms with Crippen LogP contribution in [0.2, 0.25) is 0 Å². The van der Waals surface area contributed by atoms with Crippen LogP contribution in [0.15, 0.2) is 48.5 Å². The number of benzene rings is 2. The molecule has 144 valence electrons. The third-order valence-corrected chi connectivity index (χ3v) is 4.73. The van der Waals surface area contributed by atoms with Crippen molar-refractivity contribution in [2.45, 2.75) is 19.2 Å². The van der Waals surface area contributed by atoms with Crippen molar-refractivity contribution in [1.82, 2.24) is 15.5 Å². The second-order valence-corrected chi connectivity index (χ2v) is 6.78. The number of hydrogen-bond donors (Lipinski definition) is 2. The van der Waals surface area contributed by atoms with Gasteiger partial charge in [-0.3, -0.25) is 9.69 Å². The van der Waals surface area contributed by atoms with Gasteiger partial charge in [0.25, 0.3) is 0 Å². The summed E-state index contributed by atoms with van der Waals surface area (Å²) in [5.41, 5.74) is 3.01. The number of halogens is 1. The lowest BCUT2D eigenvalue weighted by Crippen LogP contribution is -2.49. The summed E-state index contributed by atoms with van der Waals surface area (Å²) in [7, 11) is 1.66. The molecule has 1 heterocycles. The average molecular weight is 371 g/mol. The van der Waals surface area contributed by atoms with Crippen LogP contribution in [0.4, 0.5) is 4.39 Å². The first-order chi connectivity index (χ1) is 13.2. The number of carbonyl (C=O) groups excluding carboxylic acids is 1. The lowest BCUT2D eigenvalue weighted by Gasteiger charge is -2.36. The van der Waals surface area contributed by atoms with Crippen molar-refractivity contribution in [1.29, 1.82) is 0 Å². The highest BCUT2D eigenvalue weighted by molar-refractivity contribution is 5.78. The van der Waals surface area contributed by atoms with Crippen LogP contribution in [0.25, 0.3) is 0 Å². The Morgan fingerprint density at radius 1 is 1.26 bits per heavy atom. The summed E-state index contributed by atoms with van der Waals surface area (Å²) in [4.78, 5) is 14.6. The summed E-state index contributed by atoms with van der Waals surface area (Å²) >= 11 is 0. The molecule has 27 heavy (non-hydrogen) atoms. The Kier molecular flexibility index (Phi) is 6.92. The fourth-order valence-corrected chi connectivity index (χ4v) is 3.42. The maximum atomic E-state index is 13.6. The number of ether oxygens (including phenoxy) is 1. The van der Waals surface area contributed by atoms with E-state index in [1.807, 2.05) is 30.3 Å². The third kappa shape index (κ3) is 5.60. The molecule has 1 atom stereocenters. The number of hydrogen-bond acceptors (Lipinski definition) is 4. The van der Waals surface area contributed by atoms with Crippen LogP contribution in [-0.2, 0) is 22.7 Å². The van der Waals surface area contributed by atoms with Gasteiger partial charge in [-0.05, 0) is 28.8 Å². The molecule has 0 aliphatic carbocycles. The maximum Gasteiger partial charge on any atom is 0.234 e. The first-order valence-electron chi connectivity index (χ1n) is 9.19. The van der Waals surface area contributed by atoms with E-state index in [0.717, 1.165) is 29.8 Å². The molecule has 3 rings (SSSR count). The van der Waals surface area contributed by atoms with Gasteiger partial charge in [0.1, 0.15) is 5.82 Å². The van der Waals surface area contributed by atoms with Crippen LogP contribution in [0.5, 0.6) is 0 Å². The van der Waals surface area contributed by atoms with Gasteiger partial charge in [-0.15, -0.1) is 0 Å². The van der Waals surface area contributed by atoms with Gasteiger partial charge in [0.15, 0.2) is 0 Å². The number of carbonyl (C=O) groups is 1.